The van der Waals surface area contributed by atoms with Crippen molar-refractivity contribution in [2.75, 3.05) is 39.4 Å². The van der Waals surface area contributed by atoms with E-state index >= 15 is 0 Å². The van der Waals surface area contributed by atoms with Crippen molar-refractivity contribution in [1.82, 2.24) is 15.2 Å². The molecule has 120 valence electrons. The lowest BCUT2D eigenvalue weighted by atomic mass is 9.79. The topological polar surface area (TPSA) is 54.5 Å². The van der Waals surface area contributed by atoms with Gasteiger partial charge in [0.1, 0.15) is 0 Å². The van der Waals surface area contributed by atoms with Crippen LogP contribution >= 0.6 is 0 Å². The first-order valence-electron chi connectivity index (χ1n) is 8.26. The highest BCUT2D eigenvalue weighted by molar-refractivity contribution is 5.93. The Morgan fingerprint density at radius 2 is 1.91 bits per heavy atom. The molecule has 0 atom stereocenters. The van der Waals surface area contributed by atoms with E-state index in [0.717, 1.165) is 39.1 Å². The number of hydrogen-bond donors (Lipinski definition) is 1. The summed E-state index contributed by atoms with van der Waals surface area (Å²) < 4.78 is 5.54. The van der Waals surface area contributed by atoms with E-state index in [1.807, 2.05) is 0 Å². The number of carbonyl (C=O) groups is 1. The molecular weight excluding hydrogens is 278 g/mol. The summed E-state index contributed by atoms with van der Waals surface area (Å²) in [7, 11) is 0. The molecule has 0 bridgehead atoms. The third-order valence-corrected chi connectivity index (χ3v) is 4.88. The van der Waals surface area contributed by atoms with E-state index in [-0.39, 0.29) is 11.3 Å². The summed E-state index contributed by atoms with van der Waals surface area (Å²) in [6.07, 6.45) is 7.97. The SMILES string of the molecule is O=C(NCC1(CN2CCCC2)CCOCC1)c1ccncc1. The number of nitrogens with zero attached hydrogens (tertiary/aromatic N) is 2. The number of ether oxygens (including phenoxy) is 1. The fourth-order valence-electron chi connectivity index (χ4n) is 3.48. The van der Waals surface area contributed by atoms with Gasteiger partial charge in [-0.05, 0) is 50.9 Å². The molecule has 0 spiro atoms. The van der Waals surface area contributed by atoms with Gasteiger partial charge in [0.2, 0.25) is 0 Å². The summed E-state index contributed by atoms with van der Waals surface area (Å²) in [5, 5.41) is 3.13. The van der Waals surface area contributed by atoms with Gasteiger partial charge >= 0.3 is 0 Å². The fraction of sp³-hybridized carbons (Fsp3) is 0.647. The van der Waals surface area contributed by atoms with Crippen LogP contribution in [0.3, 0.4) is 0 Å². The Morgan fingerprint density at radius 1 is 1.23 bits per heavy atom. The summed E-state index contributed by atoms with van der Waals surface area (Å²) in [5.74, 6) is -0.00492. The maximum atomic E-state index is 12.3. The van der Waals surface area contributed by atoms with Gasteiger partial charge < -0.3 is 15.0 Å². The summed E-state index contributed by atoms with van der Waals surface area (Å²) in [6, 6.07) is 3.51. The Hall–Kier alpha value is -1.46. The Balaban J connectivity index is 1.61. The van der Waals surface area contributed by atoms with Crippen molar-refractivity contribution in [2.45, 2.75) is 25.7 Å². The van der Waals surface area contributed by atoms with E-state index in [1.165, 1.54) is 25.9 Å². The number of likely N-dealkylation sites (tertiary alicyclic amines) is 1. The zero-order chi connectivity index (χ0) is 15.3. The van der Waals surface area contributed by atoms with Crippen LogP contribution in [0.25, 0.3) is 0 Å². The van der Waals surface area contributed by atoms with Gasteiger partial charge in [0, 0.05) is 49.7 Å². The lowest BCUT2D eigenvalue weighted by molar-refractivity contribution is -0.000629. The Kier molecular flexibility index (Phi) is 5.05. The molecule has 1 N–H and O–H groups in total. The second-order valence-corrected chi connectivity index (χ2v) is 6.51. The zero-order valence-corrected chi connectivity index (χ0v) is 13.1. The highest BCUT2D eigenvalue weighted by atomic mass is 16.5. The van der Waals surface area contributed by atoms with E-state index < -0.39 is 0 Å². The molecule has 2 aliphatic rings. The minimum Gasteiger partial charge on any atom is -0.381 e. The van der Waals surface area contributed by atoms with E-state index in [4.69, 9.17) is 4.74 Å². The fourth-order valence-corrected chi connectivity index (χ4v) is 3.48. The molecule has 1 amide bonds. The zero-order valence-electron chi connectivity index (χ0n) is 13.1. The molecule has 0 radical (unpaired) electrons. The van der Waals surface area contributed by atoms with Crippen molar-refractivity contribution >= 4 is 5.91 Å². The number of hydrogen-bond acceptors (Lipinski definition) is 4. The molecule has 1 aromatic rings. The van der Waals surface area contributed by atoms with Crippen molar-refractivity contribution in [3.05, 3.63) is 30.1 Å². The van der Waals surface area contributed by atoms with Crippen molar-refractivity contribution in [2.24, 2.45) is 5.41 Å². The molecule has 3 rings (SSSR count). The van der Waals surface area contributed by atoms with Gasteiger partial charge in [-0.2, -0.15) is 0 Å². The Bertz CT molecular complexity index is 480. The third-order valence-electron chi connectivity index (χ3n) is 4.88. The lowest BCUT2D eigenvalue weighted by Crippen LogP contribution is -2.48. The Labute approximate surface area is 132 Å². The van der Waals surface area contributed by atoms with E-state index in [2.05, 4.69) is 15.2 Å². The molecule has 5 nitrogen and oxygen atoms in total. The quantitative estimate of drug-likeness (QED) is 0.899. The monoisotopic (exact) mass is 303 g/mol. The standard InChI is InChI=1S/C17H25N3O2/c21-16(15-3-7-18-8-4-15)19-13-17(5-11-22-12-6-17)14-20-9-1-2-10-20/h3-4,7-8H,1-2,5-6,9-14H2,(H,19,21). The molecule has 0 aliphatic carbocycles. The first kappa shape index (κ1) is 15.4. The van der Waals surface area contributed by atoms with Gasteiger partial charge in [0.05, 0.1) is 0 Å². The van der Waals surface area contributed by atoms with Crippen molar-refractivity contribution < 1.29 is 9.53 Å². The summed E-state index contributed by atoms with van der Waals surface area (Å²) in [5.41, 5.74) is 0.837. The van der Waals surface area contributed by atoms with Crippen LogP contribution in [0.4, 0.5) is 0 Å². The molecule has 0 saturated carbocycles. The molecule has 3 heterocycles. The van der Waals surface area contributed by atoms with E-state index in [1.54, 1.807) is 24.5 Å². The highest BCUT2D eigenvalue weighted by Gasteiger charge is 2.35. The highest BCUT2D eigenvalue weighted by Crippen LogP contribution is 2.32. The lowest BCUT2D eigenvalue weighted by Gasteiger charge is -2.40. The molecule has 0 aromatic carbocycles. The van der Waals surface area contributed by atoms with Crippen molar-refractivity contribution in [3.63, 3.8) is 0 Å². The molecule has 2 fully saturated rings. The molecule has 1 aromatic heterocycles. The van der Waals surface area contributed by atoms with Crippen LogP contribution in [-0.4, -0.2) is 55.2 Å². The number of carbonyl (C=O) groups excluding carboxylic acids is 1. The average molecular weight is 303 g/mol. The predicted octanol–water partition coefficient (Wildman–Crippen LogP) is 1.70. The maximum Gasteiger partial charge on any atom is 0.251 e. The number of pyridine rings is 1. The van der Waals surface area contributed by atoms with Crippen LogP contribution in [0.1, 0.15) is 36.0 Å². The van der Waals surface area contributed by atoms with E-state index in [9.17, 15) is 4.79 Å². The van der Waals surface area contributed by atoms with Gasteiger partial charge in [0.15, 0.2) is 0 Å². The Morgan fingerprint density at radius 3 is 2.59 bits per heavy atom. The van der Waals surface area contributed by atoms with Gasteiger partial charge in [0.25, 0.3) is 5.91 Å². The number of amides is 1. The summed E-state index contributed by atoms with van der Waals surface area (Å²) >= 11 is 0. The second kappa shape index (κ2) is 7.20. The normalized spacial score (nSPS) is 21.6. The number of nitrogens with one attached hydrogen (secondary N) is 1. The van der Waals surface area contributed by atoms with Gasteiger partial charge in [-0.1, -0.05) is 0 Å². The van der Waals surface area contributed by atoms with Gasteiger partial charge in [-0.15, -0.1) is 0 Å². The smallest absolute Gasteiger partial charge is 0.251 e. The minimum absolute atomic E-state index is 0.00492. The summed E-state index contributed by atoms with van der Waals surface area (Å²) in [6.45, 7) is 5.81. The van der Waals surface area contributed by atoms with Crippen molar-refractivity contribution in [1.29, 1.82) is 0 Å². The first-order chi connectivity index (χ1) is 10.8. The van der Waals surface area contributed by atoms with Crippen molar-refractivity contribution in [3.8, 4) is 0 Å². The van der Waals surface area contributed by atoms with Crippen LogP contribution in [0.2, 0.25) is 0 Å². The minimum atomic E-state index is -0.00492. The number of rotatable bonds is 5. The van der Waals surface area contributed by atoms with E-state index in [0.29, 0.717) is 5.56 Å². The maximum absolute atomic E-state index is 12.3. The van der Waals surface area contributed by atoms with Crippen LogP contribution in [0.5, 0.6) is 0 Å². The molecule has 2 aliphatic heterocycles. The van der Waals surface area contributed by atoms with Crippen LogP contribution in [-0.2, 0) is 4.74 Å². The van der Waals surface area contributed by atoms with Crippen LogP contribution in [0, 0.1) is 5.41 Å². The molecule has 5 heteroatoms. The van der Waals surface area contributed by atoms with Crippen LogP contribution < -0.4 is 5.32 Å². The van der Waals surface area contributed by atoms with Gasteiger partial charge in [-0.3, -0.25) is 9.78 Å². The molecular formula is C17H25N3O2. The number of aromatic nitrogens is 1. The third kappa shape index (κ3) is 3.84. The van der Waals surface area contributed by atoms with Crippen LogP contribution in [0.15, 0.2) is 24.5 Å². The molecule has 2 saturated heterocycles. The largest absolute Gasteiger partial charge is 0.381 e. The average Bonchev–Trinajstić information content (AvgIpc) is 3.07. The molecule has 0 unspecified atom stereocenters. The second-order valence-electron chi connectivity index (χ2n) is 6.51. The van der Waals surface area contributed by atoms with Gasteiger partial charge in [-0.25, -0.2) is 0 Å². The molecule has 22 heavy (non-hydrogen) atoms. The first-order valence-corrected chi connectivity index (χ1v) is 8.26. The predicted molar refractivity (Wildman–Crippen MR) is 84.7 cm³/mol. The summed E-state index contributed by atoms with van der Waals surface area (Å²) in [4.78, 5) is 18.8.